The van der Waals surface area contributed by atoms with Crippen molar-refractivity contribution in [2.75, 3.05) is 4.90 Å². The minimum atomic E-state index is -1.03. The van der Waals surface area contributed by atoms with Gasteiger partial charge >= 0.3 is 5.97 Å². The summed E-state index contributed by atoms with van der Waals surface area (Å²) in [6.07, 6.45) is 2.29. The summed E-state index contributed by atoms with van der Waals surface area (Å²) in [7, 11) is 0. The van der Waals surface area contributed by atoms with Crippen molar-refractivity contribution >= 4 is 23.5 Å². The zero-order valence-electron chi connectivity index (χ0n) is 14.2. The predicted octanol–water partition coefficient (Wildman–Crippen LogP) is 3.46. The van der Waals surface area contributed by atoms with Crippen LogP contribution in [0.5, 0.6) is 0 Å². The van der Waals surface area contributed by atoms with Crippen molar-refractivity contribution in [1.82, 2.24) is 0 Å². The molecule has 0 radical (unpaired) electrons. The molecule has 0 spiro atoms. The third kappa shape index (κ3) is 2.69. The first-order valence-electron chi connectivity index (χ1n) is 8.82. The molecule has 5 nitrogen and oxygen atoms in total. The topological polar surface area (TPSA) is 74.7 Å². The predicted molar refractivity (Wildman–Crippen MR) is 95.9 cm³/mol. The third-order valence-corrected chi connectivity index (χ3v) is 5.57. The van der Waals surface area contributed by atoms with Crippen LogP contribution in [0.25, 0.3) is 0 Å². The number of imide groups is 1. The molecule has 3 atom stereocenters. The van der Waals surface area contributed by atoms with E-state index in [-0.39, 0.29) is 29.2 Å². The number of aromatic carboxylic acids is 1. The van der Waals surface area contributed by atoms with E-state index in [0.29, 0.717) is 24.4 Å². The molecular formula is C21H19NO4. The minimum absolute atomic E-state index is 0.134. The Labute approximate surface area is 151 Å². The zero-order valence-corrected chi connectivity index (χ0v) is 14.2. The molecule has 0 bridgehead atoms. The van der Waals surface area contributed by atoms with E-state index in [9.17, 15) is 14.4 Å². The van der Waals surface area contributed by atoms with Gasteiger partial charge in [0, 0.05) is 0 Å². The van der Waals surface area contributed by atoms with Gasteiger partial charge in [0.15, 0.2) is 0 Å². The van der Waals surface area contributed by atoms with E-state index in [0.717, 1.165) is 6.42 Å². The average Bonchev–Trinajstić information content (AvgIpc) is 2.93. The monoisotopic (exact) mass is 349 g/mol. The van der Waals surface area contributed by atoms with Gasteiger partial charge in [-0.25, -0.2) is 4.79 Å². The number of carbonyl (C=O) groups is 3. The maximum Gasteiger partial charge on any atom is 0.335 e. The van der Waals surface area contributed by atoms with Crippen LogP contribution >= 0.6 is 0 Å². The highest BCUT2D eigenvalue weighted by Gasteiger charge is 2.50. The summed E-state index contributed by atoms with van der Waals surface area (Å²) >= 11 is 0. The molecule has 2 aromatic rings. The number of nitrogens with zero attached hydrogens (tertiary/aromatic N) is 1. The van der Waals surface area contributed by atoms with Gasteiger partial charge in [0.05, 0.1) is 23.1 Å². The SMILES string of the molecule is O=C(O)c1ccc(N2C(=O)[C@@H]3CC[C@H](c4ccccc4)C[C@H]3C2=O)cc1. The first kappa shape index (κ1) is 16.5. The van der Waals surface area contributed by atoms with E-state index in [1.807, 2.05) is 18.2 Å². The maximum atomic E-state index is 12.9. The first-order valence-corrected chi connectivity index (χ1v) is 8.82. The smallest absolute Gasteiger partial charge is 0.335 e. The van der Waals surface area contributed by atoms with Gasteiger partial charge in [-0.15, -0.1) is 0 Å². The van der Waals surface area contributed by atoms with Gasteiger partial charge < -0.3 is 5.11 Å². The van der Waals surface area contributed by atoms with Crippen molar-refractivity contribution in [2.45, 2.75) is 25.2 Å². The number of carbonyl (C=O) groups excluding carboxylic acids is 2. The highest BCUT2D eigenvalue weighted by atomic mass is 16.4. The molecule has 1 N–H and O–H groups in total. The average molecular weight is 349 g/mol. The molecular weight excluding hydrogens is 330 g/mol. The van der Waals surface area contributed by atoms with Gasteiger partial charge in [0.1, 0.15) is 0 Å². The Morgan fingerprint density at radius 1 is 0.885 bits per heavy atom. The number of fused-ring (bicyclic) bond motifs is 1. The largest absolute Gasteiger partial charge is 0.478 e. The van der Waals surface area contributed by atoms with E-state index in [2.05, 4.69) is 12.1 Å². The second-order valence-electron chi connectivity index (χ2n) is 7.00. The summed E-state index contributed by atoms with van der Waals surface area (Å²) in [5.74, 6) is -1.61. The number of hydrogen-bond acceptors (Lipinski definition) is 3. The van der Waals surface area contributed by atoms with Crippen molar-refractivity contribution in [3.05, 3.63) is 65.7 Å². The minimum Gasteiger partial charge on any atom is -0.478 e. The number of hydrogen-bond donors (Lipinski definition) is 1. The van der Waals surface area contributed by atoms with E-state index < -0.39 is 5.97 Å². The van der Waals surface area contributed by atoms with Crippen LogP contribution in [0, 0.1) is 11.8 Å². The van der Waals surface area contributed by atoms with Gasteiger partial charge in [-0.3, -0.25) is 14.5 Å². The Balaban J connectivity index is 1.58. The Morgan fingerprint density at radius 2 is 1.54 bits per heavy atom. The molecule has 2 fully saturated rings. The molecule has 2 aromatic carbocycles. The van der Waals surface area contributed by atoms with Crippen LogP contribution in [-0.2, 0) is 9.59 Å². The van der Waals surface area contributed by atoms with E-state index >= 15 is 0 Å². The maximum absolute atomic E-state index is 12.9. The van der Waals surface area contributed by atoms with Crippen molar-refractivity contribution in [3.63, 3.8) is 0 Å². The lowest BCUT2D eigenvalue weighted by molar-refractivity contribution is -0.122. The van der Waals surface area contributed by atoms with Crippen LogP contribution in [0.1, 0.15) is 41.1 Å². The van der Waals surface area contributed by atoms with Crippen LogP contribution in [0.4, 0.5) is 5.69 Å². The highest BCUT2D eigenvalue weighted by molar-refractivity contribution is 6.22. The van der Waals surface area contributed by atoms with Crippen LogP contribution in [0.2, 0.25) is 0 Å². The molecule has 132 valence electrons. The first-order chi connectivity index (χ1) is 12.6. The summed E-state index contributed by atoms with van der Waals surface area (Å²) in [5, 5.41) is 9.00. The summed E-state index contributed by atoms with van der Waals surface area (Å²) < 4.78 is 0. The molecule has 26 heavy (non-hydrogen) atoms. The second-order valence-corrected chi connectivity index (χ2v) is 7.00. The zero-order chi connectivity index (χ0) is 18.3. The molecule has 2 amide bonds. The fourth-order valence-corrected chi connectivity index (χ4v) is 4.21. The summed E-state index contributed by atoms with van der Waals surface area (Å²) in [5.41, 5.74) is 1.81. The molecule has 1 saturated heterocycles. The van der Waals surface area contributed by atoms with Crippen LogP contribution < -0.4 is 4.90 Å². The van der Waals surface area contributed by atoms with Crippen molar-refractivity contribution < 1.29 is 19.5 Å². The highest BCUT2D eigenvalue weighted by Crippen LogP contribution is 2.45. The van der Waals surface area contributed by atoms with Crippen LogP contribution in [0.3, 0.4) is 0 Å². The fraction of sp³-hybridized carbons (Fsp3) is 0.286. The Morgan fingerprint density at radius 3 is 2.19 bits per heavy atom. The van der Waals surface area contributed by atoms with Crippen molar-refractivity contribution in [2.24, 2.45) is 11.8 Å². The fourth-order valence-electron chi connectivity index (χ4n) is 4.21. The molecule has 5 heteroatoms. The Hall–Kier alpha value is -2.95. The van der Waals surface area contributed by atoms with Crippen molar-refractivity contribution in [3.8, 4) is 0 Å². The number of carboxylic acid groups (broad SMARTS) is 1. The molecule has 0 unspecified atom stereocenters. The summed E-state index contributed by atoms with van der Waals surface area (Å²) in [6, 6.07) is 16.0. The molecule has 1 aliphatic heterocycles. The van der Waals surface area contributed by atoms with Gasteiger partial charge in [-0.2, -0.15) is 0 Å². The summed E-state index contributed by atoms with van der Waals surface area (Å²) in [4.78, 5) is 38.0. The van der Waals surface area contributed by atoms with Gasteiger partial charge in [0.2, 0.25) is 11.8 Å². The molecule has 2 aliphatic rings. The second kappa shape index (κ2) is 6.41. The number of benzene rings is 2. The van der Waals surface area contributed by atoms with Gasteiger partial charge in [0.25, 0.3) is 0 Å². The van der Waals surface area contributed by atoms with Crippen LogP contribution in [0.15, 0.2) is 54.6 Å². The Kier molecular flexibility index (Phi) is 4.07. The van der Waals surface area contributed by atoms with E-state index in [4.69, 9.17) is 5.11 Å². The normalized spacial score (nSPS) is 25.2. The molecule has 4 rings (SSSR count). The Bertz CT molecular complexity index is 859. The molecule has 1 heterocycles. The summed E-state index contributed by atoms with van der Waals surface area (Å²) in [6.45, 7) is 0. The lowest BCUT2D eigenvalue weighted by Gasteiger charge is -2.28. The number of rotatable bonds is 3. The molecule has 0 aromatic heterocycles. The third-order valence-electron chi connectivity index (χ3n) is 5.57. The number of amides is 2. The molecule has 1 saturated carbocycles. The van der Waals surface area contributed by atoms with Gasteiger partial charge in [-0.05, 0) is 55.0 Å². The molecule has 1 aliphatic carbocycles. The lowest BCUT2D eigenvalue weighted by Crippen LogP contribution is -2.30. The lowest BCUT2D eigenvalue weighted by atomic mass is 9.73. The number of carboxylic acids is 1. The number of anilines is 1. The quantitative estimate of drug-likeness (QED) is 0.861. The van der Waals surface area contributed by atoms with Crippen LogP contribution in [-0.4, -0.2) is 22.9 Å². The standard InChI is InChI=1S/C21H19NO4/c23-19-17-11-8-15(13-4-2-1-3-5-13)12-18(17)20(24)22(19)16-9-6-14(7-10-16)21(25)26/h1-7,9-10,15,17-18H,8,11-12H2,(H,25,26)/t15-,17+,18+/m0/s1. The van der Waals surface area contributed by atoms with Crippen molar-refractivity contribution in [1.29, 1.82) is 0 Å². The van der Waals surface area contributed by atoms with E-state index in [1.165, 1.54) is 34.7 Å². The van der Waals surface area contributed by atoms with Gasteiger partial charge in [-0.1, -0.05) is 30.3 Å². The van der Waals surface area contributed by atoms with E-state index in [1.54, 1.807) is 0 Å².